The van der Waals surface area contributed by atoms with Gasteiger partial charge in [0, 0.05) is 17.8 Å². The molecule has 0 bridgehead atoms. The van der Waals surface area contributed by atoms with E-state index in [0.717, 1.165) is 25.7 Å². The molecule has 0 unspecified atom stereocenters. The normalized spacial score (nSPS) is 15.2. The summed E-state index contributed by atoms with van der Waals surface area (Å²) < 4.78 is 27.3. The van der Waals surface area contributed by atoms with Crippen LogP contribution in [0.2, 0.25) is 0 Å². The van der Waals surface area contributed by atoms with Crippen molar-refractivity contribution in [2.75, 3.05) is 23.7 Å². The molecule has 1 heterocycles. The maximum absolute atomic E-state index is 13.7. The summed E-state index contributed by atoms with van der Waals surface area (Å²) >= 11 is 0. The summed E-state index contributed by atoms with van der Waals surface area (Å²) in [7, 11) is 0. The summed E-state index contributed by atoms with van der Waals surface area (Å²) in [4.78, 5) is 13.3. The molecule has 4 rings (SSSR count). The van der Waals surface area contributed by atoms with Crippen molar-refractivity contribution in [2.24, 2.45) is 11.1 Å². The molecule has 156 valence electrons. The average Bonchev–Trinajstić information content (AvgIpc) is 3.22. The number of hydrogen-bond donors (Lipinski definition) is 3. The lowest BCUT2D eigenvalue weighted by molar-refractivity contribution is 0.331. The van der Waals surface area contributed by atoms with Crippen LogP contribution in [-0.2, 0) is 0 Å². The SMILES string of the molecule is NCC1(CNc2nc(Nc3cccc(F)c3)nc(-c3cccc(F)c3)n2)CCCC1. The van der Waals surface area contributed by atoms with Gasteiger partial charge in [0.05, 0.1) is 0 Å². The zero-order chi connectivity index (χ0) is 21.0. The van der Waals surface area contributed by atoms with Crippen LogP contribution in [0.25, 0.3) is 11.4 Å². The fourth-order valence-electron chi connectivity index (χ4n) is 3.81. The number of hydrogen-bond acceptors (Lipinski definition) is 6. The molecule has 1 aliphatic carbocycles. The first kappa shape index (κ1) is 20.2. The van der Waals surface area contributed by atoms with Gasteiger partial charge in [-0.05, 0) is 55.1 Å². The van der Waals surface area contributed by atoms with E-state index < -0.39 is 0 Å². The second kappa shape index (κ2) is 8.71. The molecular formula is C22H24F2N6. The molecule has 30 heavy (non-hydrogen) atoms. The van der Waals surface area contributed by atoms with Gasteiger partial charge >= 0.3 is 0 Å². The number of nitrogens with one attached hydrogen (secondary N) is 2. The molecule has 0 saturated heterocycles. The molecule has 0 atom stereocenters. The Morgan fingerprint density at radius 2 is 1.60 bits per heavy atom. The van der Waals surface area contributed by atoms with Crippen LogP contribution >= 0.6 is 0 Å². The van der Waals surface area contributed by atoms with Crippen molar-refractivity contribution in [3.05, 3.63) is 60.2 Å². The van der Waals surface area contributed by atoms with Crippen LogP contribution in [0.5, 0.6) is 0 Å². The zero-order valence-corrected chi connectivity index (χ0v) is 16.5. The van der Waals surface area contributed by atoms with Gasteiger partial charge in [-0.3, -0.25) is 0 Å². The first-order chi connectivity index (χ1) is 14.5. The lowest BCUT2D eigenvalue weighted by Gasteiger charge is -2.27. The van der Waals surface area contributed by atoms with Gasteiger partial charge < -0.3 is 16.4 Å². The third-order valence-corrected chi connectivity index (χ3v) is 5.52. The molecule has 0 spiro atoms. The number of halogens is 2. The zero-order valence-electron chi connectivity index (χ0n) is 16.5. The Morgan fingerprint density at radius 1 is 0.900 bits per heavy atom. The summed E-state index contributed by atoms with van der Waals surface area (Å²) in [5.41, 5.74) is 7.09. The summed E-state index contributed by atoms with van der Waals surface area (Å²) in [5, 5.41) is 6.29. The number of nitrogens with zero attached hydrogens (tertiary/aromatic N) is 3. The molecule has 0 radical (unpaired) electrons. The van der Waals surface area contributed by atoms with E-state index in [-0.39, 0.29) is 23.0 Å². The Labute approximate surface area is 174 Å². The van der Waals surface area contributed by atoms with E-state index in [9.17, 15) is 8.78 Å². The van der Waals surface area contributed by atoms with Gasteiger partial charge in [0.1, 0.15) is 11.6 Å². The molecule has 8 heteroatoms. The smallest absolute Gasteiger partial charge is 0.232 e. The van der Waals surface area contributed by atoms with E-state index in [1.54, 1.807) is 24.3 Å². The van der Waals surface area contributed by atoms with E-state index in [2.05, 4.69) is 25.6 Å². The van der Waals surface area contributed by atoms with Crippen molar-refractivity contribution in [2.45, 2.75) is 25.7 Å². The highest BCUT2D eigenvalue weighted by molar-refractivity contribution is 5.61. The largest absolute Gasteiger partial charge is 0.353 e. The van der Waals surface area contributed by atoms with Crippen LogP contribution in [-0.4, -0.2) is 28.0 Å². The molecule has 1 fully saturated rings. The van der Waals surface area contributed by atoms with Gasteiger partial charge in [-0.25, -0.2) is 8.78 Å². The van der Waals surface area contributed by atoms with Crippen LogP contribution in [0.15, 0.2) is 48.5 Å². The number of anilines is 3. The number of aromatic nitrogens is 3. The van der Waals surface area contributed by atoms with Crippen LogP contribution in [0, 0.1) is 17.0 Å². The second-order valence-electron chi connectivity index (χ2n) is 7.72. The number of rotatable bonds is 7. The molecule has 6 nitrogen and oxygen atoms in total. The highest BCUT2D eigenvalue weighted by Crippen LogP contribution is 2.37. The first-order valence-electron chi connectivity index (χ1n) is 10.0. The molecule has 0 amide bonds. The minimum absolute atomic E-state index is 0.0296. The summed E-state index contributed by atoms with van der Waals surface area (Å²) in [6, 6.07) is 12.1. The summed E-state index contributed by atoms with van der Waals surface area (Å²) in [6.45, 7) is 1.24. The van der Waals surface area contributed by atoms with Crippen molar-refractivity contribution in [1.29, 1.82) is 0 Å². The summed E-state index contributed by atoms with van der Waals surface area (Å²) in [5.74, 6) is 0.173. The fourth-order valence-corrected chi connectivity index (χ4v) is 3.81. The summed E-state index contributed by atoms with van der Waals surface area (Å²) in [6.07, 6.45) is 4.45. The Balaban J connectivity index is 1.65. The molecule has 1 saturated carbocycles. The van der Waals surface area contributed by atoms with Gasteiger partial charge in [-0.1, -0.05) is 31.0 Å². The molecule has 0 aliphatic heterocycles. The standard InChI is InChI=1S/C22H24F2N6/c23-16-6-3-5-15(11-16)19-28-20(26-14-22(13-25)9-1-2-10-22)30-21(29-19)27-18-8-4-7-17(24)12-18/h3-8,11-12H,1-2,9-10,13-14,25H2,(H2,26,27,28,29,30). The fraction of sp³-hybridized carbons (Fsp3) is 0.318. The van der Waals surface area contributed by atoms with E-state index >= 15 is 0 Å². The van der Waals surface area contributed by atoms with E-state index in [1.807, 2.05) is 0 Å². The lowest BCUT2D eigenvalue weighted by atomic mass is 9.86. The third-order valence-electron chi connectivity index (χ3n) is 5.52. The van der Waals surface area contributed by atoms with Crippen LogP contribution in [0.1, 0.15) is 25.7 Å². The van der Waals surface area contributed by atoms with Crippen molar-refractivity contribution >= 4 is 17.6 Å². The first-order valence-corrected chi connectivity index (χ1v) is 10.0. The Hall–Kier alpha value is -3.13. The molecular weight excluding hydrogens is 386 g/mol. The number of nitrogens with two attached hydrogens (primary N) is 1. The van der Waals surface area contributed by atoms with Crippen LogP contribution in [0.3, 0.4) is 0 Å². The van der Waals surface area contributed by atoms with Gasteiger partial charge in [0.15, 0.2) is 5.82 Å². The molecule has 1 aromatic heterocycles. The van der Waals surface area contributed by atoms with Crippen molar-refractivity contribution in [3.8, 4) is 11.4 Å². The molecule has 1 aliphatic rings. The Bertz CT molecular complexity index is 1020. The maximum Gasteiger partial charge on any atom is 0.232 e. The molecule has 2 aromatic carbocycles. The van der Waals surface area contributed by atoms with E-state index in [1.165, 1.54) is 24.3 Å². The van der Waals surface area contributed by atoms with Gasteiger partial charge in [-0.15, -0.1) is 0 Å². The van der Waals surface area contributed by atoms with Gasteiger partial charge in [-0.2, -0.15) is 15.0 Å². The number of benzene rings is 2. The Kier molecular flexibility index (Phi) is 5.85. The predicted molar refractivity (Wildman–Crippen MR) is 113 cm³/mol. The van der Waals surface area contributed by atoms with Crippen LogP contribution < -0.4 is 16.4 Å². The third kappa shape index (κ3) is 4.71. The monoisotopic (exact) mass is 410 g/mol. The minimum atomic E-state index is -0.380. The molecule has 3 aromatic rings. The predicted octanol–water partition coefficient (Wildman–Crippen LogP) is 4.49. The lowest BCUT2D eigenvalue weighted by Crippen LogP contribution is -2.35. The van der Waals surface area contributed by atoms with Gasteiger partial charge in [0.2, 0.25) is 11.9 Å². The minimum Gasteiger partial charge on any atom is -0.353 e. The van der Waals surface area contributed by atoms with Crippen molar-refractivity contribution in [3.63, 3.8) is 0 Å². The van der Waals surface area contributed by atoms with E-state index in [4.69, 9.17) is 5.73 Å². The maximum atomic E-state index is 13.7. The highest BCUT2D eigenvalue weighted by atomic mass is 19.1. The quantitative estimate of drug-likeness (QED) is 0.532. The van der Waals surface area contributed by atoms with E-state index in [0.29, 0.717) is 36.1 Å². The van der Waals surface area contributed by atoms with Crippen molar-refractivity contribution in [1.82, 2.24) is 15.0 Å². The van der Waals surface area contributed by atoms with Gasteiger partial charge in [0.25, 0.3) is 0 Å². The highest BCUT2D eigenvalue weighted by Gasteiger charge is 2.32. The second-order valence-corrected chi connectivity index (χ2v) is 7.72. The van der Waals surface area contributed by atoms with Crippen molar-refractivity contribution < 1.29 is 8.78 Å². The van der Waals surface area contributed by atoms with Crippen LogP contribution in [0.4, 0.5) is 26.4 Å². The Morgan fingerprint density at radius 3 is 2.30 bits per heavy atom. The molecule has 4 N–H and O–H groups in total. The average molecular weight is 410 g/mol. The topological polar surface area (TPSA) is 88.8 Å².